The Morgan fingerprint density at radius 1 is 1.24 bits per heavy atom. The van der Waals surface area contributed by atoms with Gasteiger partial charge in [0, 0.05) is 29.0 Å². The highest BCUT2D eigenvalue weighted by Gasteiger charge is 2.14. The highest BCUT2D eigenvalue weighted by atomic mass is 32.1. The third-order valence-electron chi connectivity index (χ3n) is 3.44. The van der Waals surface area contributed by atoms with Crippen molar-refractivity contribution in [2.45, 2.75) is 26.4 Å². The SMILES string of the molecule is CCc1ccc(C(=O)NCC(OC)c2ccc(C)s2)cc1. The predicted octanol–water partition coefficient (Wildman–Crippen LogP) is 3.74. The topological polar surface area (TPSA) is 38.3 Å². The maximum absolute atomic E-state index is 12.1. The molecular formula is C17H21NO2S. The van der Waals surface area contributed by atoms with Crippen LogP contribution in [0.5, 0.6) is 0 Å². The first-order chi connectivity index (χ1) is 10.1. The molecule has 1 unspecified atom stereocenters. The smallest absolute Gasteiger partial charge is 0.251 e. The molecule has 1 N–H and O–H groups in total. The van der Waals surface area contributed by atoms with E-state index in [9.17, 15) is 4.79 Å². The number of ether oxygens (including phenoxy) is 1. The van der Waals surface area contributed by atoms with E-state index >= 15 is 0 Å². The molecule has 0 spiro atoms. The molecule has 0 bridgehead atoms. The van der Waals surface area contributed by atoms with Crippen LogP contribution in [0.15, 0.2) is 36.4 Å². The van der Waals surface area contributed by atoms with Crippen LogP contribution in [0, 0.1) is 6.92 Å². The Labute approximate surface area is 130 Å². The molecule has 4 heteroatoms. The van der Waals surface area contributed by atoms with Gasteiger partial charge in [-0.05, 0) is 43.2 Å². The third kappa shape index (κ3) is 4.16. The number of thiophene rings is 1. The minimum absolute atomic E-state index is 0.0621. The standard InChI is InChI=1S/C17H21NO2S/c1-4-13-6-8-14(9-7-13)17(19)18-11-15(20-3)16-10-5-12(2)21-16/h5-10,15H,4,11H2,1-3H3,(H,18,19). The summed E-state index contributed by atoms with van der Waals surface area (Å²) >= 11 is 1.70. The summed E-state index contributed by atoms with van der Waals surface area (Å²) < 4.78 is 5.47. The van der Waals surface area contributed by atoms with Crippen LogP contribution in [-0.4, -0.2) is 19.6 Å². The van der Waals surface area contributed by atoms with Gasteiger partial charge in [0.05, 0.1) is 0 Å². The summed E-state index contributed by atoms with van der Waals surface area (Å²) in [5.41, 5.74) is 1.92. The van der Waals surface area contributed by atoms with Crippen molar-refractivity contribution in [2.75, 3.05) is 13.7 Å². The Kier molecular flexibility index (Phi) is 5.53. The van der Waals surface area contributed by atoms with Gasteiger partial charge in [-0.15, -0.1) is 11.3 Å². The summed E-state index contributed by atoms with van der Waals surface area (Å²) in [6, 6.07) is 11.8. The number of carbonyl (C=O) groups is 1. The van der Waals surface area contributed by atoms with Crippen molar-refractivity contribution in [3.8, 4) is 0 Å². The number of benzene rings is 1. The largest absolute Gasteiger partial charge is 0.374 e. The van der Waals surface area contributed by atoms with Gasteiger partial charge in [0.15, 0.2) is 0 Å². The van der Waals surface area contributed by atoms with Gasteiger partial charge in [-0.3, -0.25) is 4.79 Å². The van der Waals surface area contributed by atoms with Crippen molar-refractivity contribution < 1.29 is 9.53 Å². The van der Waals surface area contributed by atoms with Crippen molar-refractivity contribution in [3.05, 3.63) is 57.3 Å². The number of amides is 1. The lowest BCUT2D eigenvalue weighted by Crippen LogP contribution is -2.28. The molecule has 1 atom stereocenters. The second kappa shape index (κ2) is 7.38. The lowest BCUT2D eigenvalue weighted by molar-refractivity contribution is 0.0837. The van der Waals surface area contributed by atoms with Crippen LogP contribution >= 0.6 is 11.3 Å². The first-order valence-corrected chi connectivity index (χ1v) is 7.92. The summed E-state index contributed by atoms with van der Waals surface area (Å²) in [4.78, 5) is 14.5. The molecule has 0 radical (unpaired) electrons. The van der Waals surface area contributed by atoms with E-state index < -0.39 is 0 Å². The number of nitrogens with one attached hydrogen (secondary N) is 1. The number of hydrogen-bond acceptors (Lipinski definition) is 3. The molecule has 0 saturated carbocycles. The quantitative estimate of drug-likeness (QED) is 0.883. The molecule has 1 amide bonds. The monoisotopic (exact) mass is 303 g/mol. The molecule has 1 aromatic heterocycles. The highest BCUT2D eigenvalue weighted by molar-refractivity contribution is 7.12. The van der Waals surface area contributed by atoms with Gasteiger partial charge >= 0.3 is 0 Å². The minimum atomic E-state index is -0.0948. The highest BCUT2D eigenvalue weighted by Crippen LogP contribution is 2.24. The number of carbonyl (C=O) groups excluding carboxylic acids is 1. The van der Waals surface area contributed by atoms with Crippen molar-refractivity contribution in [2.24, 2.45) is 0 Å². The van der Waals surface area contributed by atoms with E-state index in [0.717, 1.165) is 11.3 Å². The summed E-state index contributed by atoms with van der Waals surface area (Å²) in [5, 5.41) is 2.94. The van der Waals surface area contributed by atoms with E-state index in [1.165, 1.54) is 10.4 Å². The van der Waals surface area contributed by atoms with Gasteiger partial charge in [-0.1, -0.05) is 19.1 Å². The molecule has 21 heavy (non-hydrogen) atoms. The normalized spacial score (nSPS) is 12.1. The minimum Gasteiger partial charge on any atom is -0.374 e. The second-order valence-corrected chi connectivity index (χ2v) is 6.25. The Morgan fingerprint density at radius 3 is 2.48 bits per heavy atom. The van der Waals surface area contributed by atoms with Gasteiger partial charge in [0.25, 0.3) is 5.91 Å². The lowest BCUT2D eigenvalue weighted by Gasteiger charge is -2.14. The van der Waals surface area contributed by atoms with Crippen LogP contribution < -0.4 is 5.32 Å². The van der Waals surface area contributed by atoms with Crippen molar-refractivity contribution >= 4 is 17.2 Å². The first-order valence-electron chi connectivity index (χ1n) is 7.10. The van der Waals surface area contributed by atoms with E-state index in [2.05, 4.69) is 31.3 Å². The Bertz CT molecular complexity index is 589. The van der Waals surface area contributed by atoms with Crippen LogP contribution in [0.4, 0.5) is 0 Å². The zero-order chi connectivity index (χ0) is 15.2. The van der Waals surface area contributed by atoms with E-state index in [1.807, 2.05) is 24.3 Å². The maximum Gasteiger partial charge on any atom is 0.251 e. The number of hydrogen-bond donors (Lipinski definition) is 1. The van der Waals surface area contributed by atoms with Crippen LogP contribution in [0.25, 0.3) is 0 Å². The molecule has 3 nitrogen and oxygen atoms in total. The molecule has 1 heterocycles. The van der Waals surface area contributed by atoms with Gasteiger partial charge in [-0.25, -0.2) is 0 Å². The fourth-order valence-corrected chi connectivity index (χ4v) is 3.06. The van der Waals surface area contributed by atoms with Crippen LogP contribution in [0.3, 0.4) is 0 Å². The van der Waals surface area contributed by atoms with Gasteiger partial charge in [-0.2, -0.15) is 0 Å². The fourth-order valence-electron chi connectivity index (χ4n) is 2.11. The second-order valence-electron chi connectivity index (χ2n) is 4.93. The fraction of sp³-hybridized carbons (Fsp3) is 0.353. The summed E-state index contributed by atoms with van der Waals surface area (Å²) in [7, 11) is 1.67. The van der Waals surface area contributed by atoms with Crippen molar-refractivity contribution in [3.63, 3.8) is 0 Å². The lowest BCUT2D eigenvalue weighted by atomic mass is 10.1. The van der Waals surface area contributed by atoms with Gasteiger partial charge in [0.1, 0.15) is 6.10 Å². The number of aryl methyl sites for hydroxylation is 2. The van der Waals surface area contributed by atoms with Crippen molar-refractivity contribution in [1.82, 2.24) is 5.32 Å². The Balaban J connectivity index is 1.95. The number of rotatable bonds is 6. The van der Waals surface area contributed by atoms with Crippen LogP contribution in [0.2, 0.25) is 0 Å². The zero-order valence-electron chi connectivity index (χ0n) is 12.7. The first kappa shape index (κ1) is 15.7. The molecule has 1 aromatic carbocycles. The molecule has 0 aliphatic rings. The molecular weight excluding hydrogens is 282 g/mol. The van der Waals surface area contributed by atoms with Crippen LogP contribution in [0.1, 0.15) is 38.7 Å². The third-order valence-corrected chi connectivity index (χ3v) is 4.53. The van der Waals surface area contributed by atoms with Gasteiger partial charge in [0.2, 0.25) is 0 Å². The Hall–Kier alpha value is -1.65. The molecule has 0 aliphatic heterocycles. The van der Waals surface area contributed by atoms with Crippen molar-refractivity contribution in [1.29, 1.82) is 0 Å². The van der Waals surface area contributed by atoms with E-state index in [0.29, 0.717) is 12.1 Å². The molecule has 0 saturated heterocycles. The average Bonchev–Trinajstić information content (AvgIpc) is 2.94. The summed E-state index contributed by atoms with van der Waals surface area (Å²) in [6.45, 7) is 4.64. The Morgan fingerprint density at radius 2 is 1.95 bits per heavy atom. The van der Waals surface area contributed by atoms with Gasteiger partial charge < -0.3 is 10.1 Å². The predicted molar refractivity (Wildman–Crippen MR) is 87.0 cm³/mol. The van der Waals surface area contributed by atoms with E-state index in [4.69, 9.17) is 4.74 Å². The zero-order valence-corrected chi connectivity index (χ0v) is 13.5. The molecule has 0 fully saturated rings. The summed E-state index contributed by atoms with van der Waals surface area (Å²) in [6.07, 6.45) is 0.883. The maximum atomic E-state index is 12.1. The van der Waals surface area contributed by atoms with E-state index in [-0.39, 0.29) is 12.0 Å². The molecule has 0 aliphatic carbocycles. The average molecular weight is 303 g/mol. The number of methoxy groups -OCH3 is 1. The molecule has 112 valence electrons. The summed E-state index contributed by atoms with van der Waals surface area (Å²) in [5.74, 6) is -0.0621. The van der Waals surface area contributed by atoms with Crippen LogP contribution in [-0.2, 0) is 11.2 Å². The van der Waals surface area contributed by atoms with E-state index in [1.54, 1.807) is 18.4 Å². The molecule has 2 aromatic rings. The molecule has 2 rings (SSSR count).